The number of nitrogens with zero attached hydrogens (tertiary/aromatic N) is 2. The molecule has 2 aromatic carbocycles. The molecule has 1 heterocycles. The second kappa shape index (κ2) is 13.2. The fraction of sp³-hybridized carbons (Fsp3) is 0.407. The Kier molecular flexibility index (Phi) is 10.0. The fourth-order valence-electron chi connectivity index (χ4n) is 4.27. The number of methoxy groups -OCH3 is 1. The number of hydrogen-bond acceptors (Lipinski definition) is 7. The molecule has 198 valence electrons. The third-order valence-corrected chi connectivity index (χ3v) is 6.55. The van der Waals surface area contributed by atoms with Crippen LogP contribution in [0.2, 0.25) is 5.02 Å². The summed E-state index contributed by atoms with van der Waals surface area (Å²) in [7, 11) is 1.55. The quantitative estimate of drug-likeness (QED) is 0.445. The number of hydrogen-bond donors (Lipinski definition) is 2. The molecule has 0 aliphatic carbocycles. The molecule has 2 N–H and O–H groups in total. The van der Waals surface area contributed by atoms with Crippen molar-refractivity contribution in [3.8, 4) is 5.75 Å². The van der Waals surface area contributed by atoms with E-state index in [1.165, 1.54) is 17.0 Å². The number of rotatable bonds is 10. The maximum atomic E-state index is 13.6. The van der Waals surface area contributed by atoms with E-state index in [1.54, 1.807) is 37.4 Å². The minimum atomic E-state index is -1.01. The summed E-state index contributed by atoms with van der Waals surface area (Å²) in [6, 6.07) is 11.7. The number of carboxylic acids is 1. The van der Waals surface area contributed by atoms with Crippen molar-refractivity contribution >= 4 is 35.2 Å². The van der Waals surface area contributed by atoms with Gasteiger partial charge in [0, 0.05) is 11.4 Å². The first kappa shape index (κ1) is 28.1. The molecule has 0 saturated heterocycles. The van der Waals surface area contributed by atoms with Crippen molar-refractivity contribution in [3.05, 3.63) is 64.2 Å². The zero-order valence-electron chi connectivity index (χ0n) is 21.2. The Labute approximate surface area is 221 Å². The van der Waals surface area contributed by atoms with Crippen molar-refractivity contribution in [2.24, 2.45) is 10.9 Å². The highest BCUT2D eigenvalue weighted by molar-refractivity contribution is 6.30. The lowest BCUT2D eigenvalue weighted by Crippen LogP contribution is -2.45. The van der Waals surface area contributed by atoms with Crippen LogP contribution in [0.15, 0.2) is 47.5 Å². The van der Waals surface area contributed by atoms with Gasteiger partial charge in [0.1, 0.15) is 11.6 Å². The van der Waals surface area contributed by atoms with Crippen LogP contribution < -0.4 is 10.2 Å². The molecule has 0 fully saturated rings. The van der Waals surface area contributed by atoms with Crippen molar-refractivity contribution in [1.29, 1.82) is 0 Å². The second-order valence-corrected chi connectivity index (χ2v) is 9.17. The number of nitrogens with one attached hydrogen (secondary N) is 1. The van der Waals surface area contributed by atoms with E-state index in [2.05, 4.69) is 10.5 Å². The Bertz CT molecular complexity index is 1150. The molecule has 2 aromatic rings. The number of ether oxygens (including phenoxy) is 1. The average molecular weight is 530 g/mol. The molecule has 1 aliphatic rings. The van der Waals surface area contributed by atoms with Crippen molar-refractivity contribution in [2.45, 2.75) is 39.0 Å². The monoisotopic (exact) mass is 529 g/mol. The van der Waals surface area contributed by atoms with Gasteiger partial charge in [-0.25, -0.2) is 4.79 Å². The largest absolute Gasteiger partial charge is 0.496 e. The summed E-state index contributed by atoms with van der Waals surface area (Å²) in [5.74, 6) is -1.47. The van der Waals surface area contributed by atoms with Gasteiger partial charge >= 0.3 is 5.97 Å². The molecule has 2 atom stereocenters. The summed E-state index contributed by atoms with van der Waals surface area (Å²) >= 11 is 6.19. The van der Waals surface area contributed by atoms with E-state index in [1.807, 2.05) is 13.8 Å². The Balaban J connectivity index is 1.85. The summed E-state index contributed by atoms with van der Waals surface area (Å²) in [6.07, 6.45) is 1.02. The number of amidine groups is 1. The average Bonchev–Trinajstić information content (AvgIpc) is 3.05. The number of aromatic carboxylic acids is 1. The molecule has 1 aliphatic heterocycles. The molecule has 37 heavy (non-hydrogen) atoms. The lowest BCUT2D eigenvalue weighted by atomic mass is 9.91. The highest BCUT2D eigenvalue weighted by atomic mass is 35.5. The number of benzene rings is 2. The lowest BCUT2D eigenvalue weighted by Gasteiger charge is -2.25. The molecule has 0 bridgehead atoms. The maximum Gasteiger partial charge on any atom is 0.335 e. The van der Waals surface area contributed by atoms with Gasteiger partial charge in [-0.05, 0) is 67.1 Å². The number of carbonyl (C=O) groups excluding carboxylic acids is 2. The van der Waals surface area contributed by atoms with Crippen LogP contribution in [0.5, 0.6) is 5.75 Å². The minimum Gasteiger partial charge on any atom is -0.496 e. The predicted molar refractivity (Wildman–Crippen MR) is 140 cm³/mol. The van der Waals surface area contributed by atoms with Gasteiger partial charge < -0.3 is 9.84 Å². The van der Waals surface area contributed by atoms with Crippen LogP contribution >= 0.6 is 11.6 Å². The zero-order chi connectivity index (χ0) is 26.9. The van der Waals surface area contributed by atoms with Crippen molar-refractivity contribution in [2.75, 3.05) is 26.8 Å². The normalized spacial score (nSPS) is 16.5. The Morgan fingerprint density at radius 1 is 1.22 bits per heavy atom. The number of carboxylic acid groups (broad SMARTS) is 1. The number of halogens is 1. The van der Waals surface area contributed by atoms with Crippen molar-refractivity contribution < 1.29 is 29.1 Å². The lowest BCUT2D eigenvalue weighted by molar-refractivity contribution is -0.146. The molecule has 0 aromatic heterocycles. The summed E-state index contributed by atoms with van der Waals surface area (Å²) in [5.41, 5.74) is 4.52. The van der Waals surface area contributed by atoms with Gasteiger partial charge in [0.2, 0.25) is 11.8 Å². The number of aliphatic imine (C=N–C) groups is 1. The first-order chi connectivity index (χ1) is 17.8. The van der Waals surface area contributed by atoms with Crippen LogP contribution in [0.4, 0.5) is 0 Å². The van der Waals surface area contributed by atoms with E-state index < -0.39 is 11.9 Å². The Morgan fingerprint density at radius 2 is 1.95 bits per heavy atom. The van der Waals surface area contributed by atoms with Gasteiger partial charge in [-0.1, -0.05) is 30.7 Å². The number of hydroxylamine groups is 1. The topological polar surface area (TPSA) is 118 Å². The summed E-state index contributed by atoms with van der Waals surface area (Å²) in [6.45, 7) is 4.28. The molecule has 10 heteroatoms. The van der Waals surface area contributed by atoms with Crippen LogP contribution in [0.3, 0.4) is 0 Å². The highest BCUT2D eigenvalue weighted by Crippen LogP contribution is 2.28. The molecular formula is C27H32ClN3O6. The first-order valence-electron chi connectivity index (χ1n) is 12.2. The van der Waals surface area contributed by atoms with Gasteiger partial charge in [0.25, 0.3) is 0 Å². The van der Waals surface area contributed by atoms with E-state index in [-0.39, 0.29) is 42.8 Å². The third-order valence-electron chi connectivity index (χ3n) is 6.31. The van der Waals surface area contributed by atoms with E-state index in [9.17, 15) is 14.4 Å². The molecule has 2 amide bonds. The number of amides is 2. The summed E-state index contributed by atoms with van der Waals surface area (Å²) in [4.78, 5) is 49.4. The number of imide groups is 1. The van der Waals surface area contributed by atoms with Gasteiger partial charge in [0.05, 0.1) is 38.3 Å². The van der Waals surface area contributed by atoms with Crippen molar-refractivity contribution in [3.63, 3.8) is 0 Å². The van der Waals surface area contributed by atoms with Gasteiger partial charge in [0.15, 0.2) is 0 Å². The Morgan fingerprint density at radius 3 is 2.57 bits per heavy atom. The van der Waals surface area contributed by atoms with Crippen LogP contribution in [0.25, 0.3) is 0 Å². The predicted octanol–water partition coefficient (Wildman–Crippen LogP) is 4.10. The molecule has 0 spiro atoms. The second-order valence-electron chi connectivity index (χ2n) is 8.73. The van der Waals surface area contributed by atoms with E-state index in [4.69, 9.17) is 26.3 Å². The van der Waals surface area contributed by atoms with E-state index in [0.29, 0.717) is 36.1 Å². The van der Waals surface area contributed by atoms with Crippen LogP contribution in [-0.2, 0) is 20.8 Å². The molecule has 1 unspecified atom stereocenters. The van der Waals surface area contributed by atoms with Gasteiger partial charge in [-0.2, -0.15) is 0 Å². The standard InChI is InChI=1S/C27H32ClN3O6/c1-4-17(18-6-8-19(9-7-18)27(34)35)14-25(32)31-16-24(30-37-5-2)29-15-21(26(31)33)12-20-13-22(28)10-11-23(20)36-3/h6-11,13,17,21H,4-5,12,14-16H2,1-3H3,(H,29,30)(H,34,35)/t17-,21?/m0/s1. The Hall–Kier alpha value is -3.43. The van der Waals surface area contributed by atoms with E-state index in [0.717, 1.165) is 11.1 Å². The molecule has 9 nitrogen and oxygen atoms in total. The van der Waals surface area contributed by atoms with Crippen LogP contribution in [0.1, 0.15) is 54.1 Å². The maximum absolute atomic E-state index is 13.6. The highest BCUT2D eigenvalue weighted by Gasteiger charge is 2.34. The molecule has 0 radical (unpaired) electrons. The molecule has 0 saturated carbocycles. The SMILES string of the molecule is CCONC1=NCC(Cc2cc(Cl)ccc2OC)C(=O)N(C(=O)C[C@H](CC)c2ccc(C(=O)O)cc2)C1. The number of carbonyl (C=O) groups is 3. The fourth-order valence-corrected chi connectivity index (χ4v) is 4.46. The molecule has 3 rings (SSSR count). The smallest absolute Gasteiger partial charge is 0.335 e. The minimum absolute atomic E-state index is 0.0325. The van der Waals surface area contributed by atoms with E-state index >= 15 is 0 Å². The summed E-state index contributed by atoms with van der Waals surface area (Å²) < 4.78 is 5.44. The third kappa shape index (κ3) is 7.30. The first-order valence-corrected chi connectivity index (χ1v) is 12.6. The van der Waals surface area contributed by atoms with Crippen LogP contribution in [0, 0.1) is 5.92 Å². The van der Waals surface area contributed by atoms with Gasteiger partial charge in [-0.15, -0.1) is 0 Å². The summed E-state index contributed by atoms with van der Waals surface area (Å²) in [5, 5.41) is 9.69. The molecular weight excluding hydrogens is 498 g/mol. The van der Waals surface area contributed by atoms with Crippen molar-refractivity contribution in [1.82, 2.24) is 10.4 Å². The zero-order valence-corrected chi connectivity index (χ0v) is 22.0. The van der Waals surface area contributed by atoms with Gasteiger partial charge in [-0.3, -0.25) is 29.8 Å². The van der Waals surface area contributed by atoms with Crippen LogP contribution in [-0.4, -0.2) is 60.4 Å².